The van der Waals surface area contributed by atoms with Crippen molar-refractivity contribution in [2.75, 3.05) is 19.7 Å². The SMILES string of the molecule is CC1CN(C(=O)C(NC(=O)OCC2c3ccccc3-c3ccccc32)C(F)(F)F)CC1(C)C(=O)O. The van der Waals surface area contributed by atoms with Crippen molar-refractivity contribution in [3.63, 3.8) is 0 Å². The van der Waals surface area contributed by atoms with Crippen LogP contribution in [-0.4, -0.2) is 59.9 Å². The Morgan fingerprint density at radius 2 is 1.66 bits per heavy atom. The van der Waals surface area contributed by atoms with Gasteiger partial charge in [0.25, 0.3) is 5.91 Å². The minimum atomic E-state index is -5.09. The lowest BCUT2D eigenvalue weighted by atomic mass is 9.81. The minimum Gasteiger partial charge on any atom is -0.481 e. The summed E-state index contributed by atoms with van der Waals surface area (Å²) in [5, 5.41) is 11.1. The number of carbonyl (C=O) groups excluding carboxylic acids is 2. The highest BCUT2D eigenvalue weighted by Gasteiger charge is 2.53. The van der Waals surface area contributed by atoms with E-state index in [0.29, 0.717) is 0 Å². The Bertz CT molecular complexity index is 1120. The summed E-state index contributed by atoms with van der Waals surface area (Å²) < 4.78 is 46.4. The highest BCUT2D eigenvalue weighted by Crippen LogP contribution is 2.44. The number of alkyl carbamates (subject to hydrolysis) is 1. The topological polar surface area (TPSA) is 95.9 Å². The molecule has 0 bridgehead atoms. The number of alkyl halides is 3. The first-order chi connectivity index (χ1) is 16.4. The second-order valence-electron chi connectivity index (χ2n) is 9.29. The van der Waals surface area contributed by atoms with Gasteiger partial charge in [0.15, 0.2) is 0 Å². The molecule has 2 aromatic rings. The first-order valence-corrected chi connectivity index (χ1v) is 11.1. The van der Waals surface area contributed by atoms with Crippen LogP contribution < -0.4 is 5.32 Å². The molecule has 1 aliphatic heterocycles. The van der Waals surface area contributed by atoms with Crippen LogP contribution in [0.3, 0.4) is 0 Å². The molecule has 2 aliphatic rings. The average molecular weight is 490 g/mol. The third-order valence-electron chi connectivity index (χ3n) is 7.08. The van der Waals surface area contributed by atoms with Gasteiger partial charge in [-0.25, -0.2) is 4.79 Å². The lowest BCUT2D eigenvalue weighted by Gasteiger charge is -2.27. The summed E-state index contributed by atoms with van der Waals surface area (Å²) in [7, 11) is 0. The second-order valence-corrected chi connectivity index (χ2v) is 9.29. The van der Waals surface area contributed by atoms with Crippen molar-refractivity contribution >= 4 is 18.0 Å². The zero-order valence-electron chi connectivity index (χ0n) is 19.1. The number of fused-ring (bicyclic) bond motifs is 3. The maximum Gasteiger partial charge on any atom is 0.417 e. The minimum absolute atomic E-state index is 0.166. The van der Waals surface area contributed by atoms with Crippen LogP contribution in [-0.2, 0) is 14.3 Å². The molecule has 7 nitrogen and oxygen atoms in total. The van der Waals surface area contributed by atoms with Crippen LogP contribution in [0.4, 0.5) is 18.0 Å². The van der Waals surface area contributed by atoms with Gasteiger partial charge in [0.2, 0.25) is 6.04 Å². The smallest absolute Gasteiger partial charge is 0.417 e. The number of benzene rings is 2. The molecule has 1 heterocycles. The molecular formula is C25H25F3N2O5. The lowest BCUT2D eigenvalue weighted by Crippen LogP contribution is -2.56. The number of carboxylic acid groups (broad SMARTS) is 1. The molecule has 0 spiro atoms. The molecule has 1 saturated heterocycles. The van der Waals surface area contributed by atoms with Gasteiger partial charge in [-0.15, -0.1) is 0 Å². The number of carbonyl (C=O) groups is 3. The molecule has 2 amide bonds. The Kier molecular flexibility index (Phi) is 6.25. The van der Waals surface area contributed by atoms with Gasteiger partial charge >= 0.3 is 18.2 Å². The summed E-state index contributed by atoms with van der Waals surface area (Å²) >= 11 is 0. The van der Waals surface area contributed by atoms with Gasteiger partial charge in [0.1, 0.15) is 6.61 Å². The van der Waals surface area contributed by atoms with Crippen molar-refractivity contribution in [2.45, 2.75) is 32.0 Å². The first kappa shape index (κ1) is 24.6. The Hall–Kier alpha value is -3.56. The van der Waals surface area contributed by atoms with E-state index in [1.54, 1.807) is 12.2 Å². The molecule has 0 saturated carbocycles. The largest absolute Gasteiger partial charge is 0.481 e. The van der Waals surface area contributed by atoms with E-state index >= 15 is 0 Å². The number of hydrogen-bond acceptors (Lipinski definition) is 4. The third-order valence-corrected chi connectivity index (χ3v) is 7.08. The van der Waals surface area contributed by atoms with E-state index in [1.165, 1.54) is 6.92 Å². The van der Waals surface area contributed by atoms with E-state index in [9.17, 15) is 32.7 Å². The van der Waals surface area contributed by atoms with Gasteiger partial charge in [-0.1, -0.05) is 55.5 Å². The number of nitrogens with zero attached hydrogens (tertiary/aromatic N) is 1. The van der Waals surface area contributed by atoms with Crippen molar-refractivity contribution in [1.29, 1.82) is 0 Å². The molecule has 35 heavy (non-hydrogen) atoms. The molecule has 1 fully saturated rings. The van der Waals surface area contributed by atoms with E-state index in [4.69, 9.17) is 4.74 Å². The summed E-state index contributed by atoms with van der Waals surface area (Å²) in [5.74, 6) is -3.53. The van der Waals surface area contributed by atoms with Gasteiger partial charge in [0.05, 0.1) is 5.41 Å². The number of nitrogens with one attached hydrogen (secondary N) is 1. The van der Waals surface area contributed by atoms with Gasteiger partial charge in [-0.05, 0) is 35.1 Å². The molecular weight excluding hydrogens is 465 g/mol. The predicted octanol–water partition coefficient (Wildman–Crippen LogP) is 4.03. The second kappa shape index (κ2) is 8.90. The summed E-state index contributed by atoms with van der Waals surface area (Å²) in [6.07, 6.45) is -6.47. The third kappa shape index (κ3) is 4.44. The number of rotatable bonds is 5. The number of ether oxygens (including phenoxy) is 1. The normalized spacial score (nSPS) is 22.3. The Balaban J connectivity index is 1.46. The van der Waals surface area contributed by atoms with E-state index < -0.39 is 41.5 Å². The van der Waals surface area contributed by atoms with Crippen LogP contribution >= 0.6 is 0 Å². The fraction of sp³-hybridized carbons (Fsp3) is 0.400. The fourth-order valence-electron chi connectivity index (χ4n) is 4.82. The predicted molar refractivity (Wildman–Crippen MR) is 120 cm³/mol. The first-order valence-electron chi connectivity index (χ1n) is 11.1. The van der Waals surface area contributed by atoms with Crippen LogP contribution in [0.25, 0.3) is 11.1 Å². The van der Waals surface area contributed by atoms with E-state index in [0.717, 1.165) is 27.2 Å². The number of aliphatic carboxylic acids is 1. The fourth-order valence-corrected chi connectivity index (χ4v) is 4.82. The summed E-state index contributed by atoms with van der Waals surface area (Å²) in [5.41, 5.74) is 2.33. The van der Waals surface area contributed by atoms with Gasteiger partial charge in [-0.3, -0.25) is 9.59 Å². The monoisotopic (exact) mass is 490 g/mol. The maximum absolute atomic E-state index is 13.7. The molecule has 2 N–H and O–H groups in total. The highest BCUT2D eigenvalue weighted by atomic mass is 19.4. The molecule has 1 aliphatic carbocycles. The van der Waals surface area contributed by atoms with Gasteiger partial charge < -0.3 is 20.1 Å². The number of likely N-dealkylation sites (tertiary alicyclic amines) is 1. The molecule has 3 unspecified atom stereocenters. The van der Waals surface area contributed by atoms with E-state index in [1.807, 2.05) is 48.5 Å². The van der Waals surface area contributed by atoms with Crippen LogP contribution in [0.5, 0.6) is 0 Å². The zero-order chi connectivity index (χ0) is 25.5. The quantitative estimate of drug-likeness (QED) is 0.660. The molecule has 186 valence electrons. The summed E-state index contributed by atoms with van der Waals surface area (Å²) in [4.78, 5) is 37.5. The molecule has 4 rings (SSSR count). The van der Waals surface area contributed by atoms with Crippen molar-refractivity contribution in [3.8, 4) is 11.1 Å². The molecule has 0 aromatic heterocycles. The molecule has 0 radical (unpaired) electrons. The van der Waals surface area contributed by atoms with Crippen molar-refractivity contribution < 1.29 is 37.4 Å². The van der Waals surface area contributed by atoms with E-state index in [2.05, 4.69) is 0 Å². The zero-order valence-corrected chi connectivity index (χ0v) is 19.1. The van der Waals surface area contributed by atoms with Crippen LogP contribution in [0.2, 0.25) is 0 Å². The van der Waals surface area contributed by atoms with Gasteiger partial charge in [-0.2, -0.15) is 13.2 Å². The lowest BCUT2D eigenvalue weighted by molar-refractivity contribution is -0.174. The average Bonchev–Trinajstić information content (AvgIpc) is 3.30. The summed E-state index contributed by atoms with van der Waals surface area (Å²) in [6.45, 7) is 2.18. The highest BCUT2D eigenvalue weighted by molar-refractivity contribution is 5.88. The number of halogens is 3. The maximum atomic E-state index is 13.7. The molecule has 2 aromatic carbocycles. The number of hydrogen-bond donors (Lipinski definition) is 2. The van der Waals surface area contributed by atoms with Gasteiger partial charge in [0, 0.05) is 19.0 Å². The molecule has 10 heteroatoms. The van der Waals surface area contributed by atoms with Crippen molar-refractivity contribution in [3.05, 3.63) is 59.7 Å². The Morgan fingerprint density at radius 3 is 2.14 bits per heavy atom. The molecule has 3 atom stereocenters. The standard InChI is InChI=1S/C25H25F3N2O5/c1-14-11-30(13-24(14,2)22(32)33)21(31)20(25(26,27)28)29-23(34)35-12-19-17-9-5-3-7-15(17)16-8-4-6-10-18(16)19/h3-10,14,19-20H,11-13H2,1-2H3,(H,29,34)(H,32,33). The number of carboxylic acids is 1. The van der Waals surface area contributed by atoms with Crippen molar-refractivity contribution in [1.82, 2.24) is 10.2 Å². The van der Waals surface area contributed by atoms with Crippen LogP contribution in [0.15, 0.2) is 48.5 Å². The summed E-state index contributed by atoms with van der Waals surface area (Å²) in [6, 6.07) is 12.2. The van der Waals surface area contributed by atoms with E-state index in [-0.39, 0.29) is 25.6 Å². The Labute approximate surface area is 199 Å². The Morgan fingerprint density at radius 1 is 1.11 bits per heavy atom. The number of amides is 2. The van der Waals surface area contributed by atoms with Crippen molar-refractivity contribution in [2.24, 2.45) is 11.3 Å². The van der Waals surface area contributed by atoms with Crippen LogP contribution in [0, 0.1) is 11.3 Å². The van der Waals surface area contributed by atoms with Crippen LogP contribution in [0.1, 0.15) is 30.9 Å².